The summed E-state index contributed by atoms with van der Waals surface area (Å²) in [4.78, 5) is 14.5. The van der Waals surface area contributed by atoms with Gasteiger partial charge in [0.05, 0.1) is 5.69 Å². The summed E-state index contributed by atoms with van der Waals surface area (Å²) in [7, 11) is 0. The van der Waals surface area contributed by atoms with Crippen LogP contribution in [0.5, 0.6) is 0 Å². The Morgan fingerprint density at radius 2 is 1.81 bits per heavy atom. The molecule has 0 saturated carbocycles. The molecule has 1 saturated heterocycles. The summed E-state index contributed by atoms with van der Waals surface area (Å²) in [5.74, 6) is -1.77. The van der Waals surface area contributed by atoms with Gasteiger partial charge in [0.2, 0.25) is 16.2 Å². The Morgan fingerprint density at radius 3 is 2.56 bits per heavy atom. The molecule has 1 aliphatic rings. The van der Waals surface area contributed by atoms with Gasteiger partial charge in [0.15, 0.2) is 0 Å². The van der Waals surface area contributed by atoms with E-state index in [0.29, 0.717) is 25.9 Å². The standard InChI is InChI=1S/C18H17F2N5OS/c19-13-3-4-14(20)15(11-13)21-16(26)12-5-9-25(10-6-12)18-23-22-17(27-18)24-7-1-2-8-24/h1-4,7-8,11-12H,5-6,9-10H2,(H,21,26). The number of carbonyl (C=O) groups excluding carboxylic acids is 1. The normalized spacial score (nSPS) is 15.1. The number of amides is 1. The minimum absolute atomic E-state index is 0.122. The summed E-state index contributed by atoms with van der Waals surface area (Å²) in [6.07, 6.45) is 5.04. The van der Waals surface area contributed by atoms with Gasteiger partial charge in [0.25, 0.3) is 0 Å². The first kappa shape index (κ1) is 17.6. The SMILES string of the molecule is O=C(Nc1cc(F)ccc1F)C1CCN(c2nnc(-n3cccc3)s2)CC1. The van der Waals surface area contributed by atoms with Crippen LogP contribution in [0.15, 0.2) is 42.7 Å². The van der Waals surface area contributed by atoms with E-state index in [4.69, 9.17) is 0 Å². The molecule has 0 aliphatic carbocycles. The Kier molecular flexibility index (Phi) is 4.85. The highest BCUT2D eigenvalue weighted by atomic mass is 32.1. The second-order valence-electron chi connectivity index (χ2n) is 6.33. The van der Waals surface area contributed by atoms with Crippen LogP contribution in [0.1, 0.15) is 12.8 Å². The topological polar surface area (TPSA) is 63.1 Å². The van der Waals surface area contributed by atoms with E-state index in [1.54, 1.807) is 0 Å². The van der Waals surface area contributed by atoms with Crippen molar-refractivity contribution in [1.82, 2.24) is 14.8 Å². The zero-order valence-electron chi connectivity index (χ0n) is 14.3. The number of nitrogens with zero attached hydrogens (tertiary/aromatic N) is 4. The fourth-order valence-electron chi connectivity index (χ4n) is 3.06. The van der Waals surface area contributed by atoms with Gasteiger partial charge < -0.3 is 10.2 Å². The van der Waals surface area contributed by atoms with Gasteiger partial charge in [-0.25, -0.2) is 8.78 Å². The molecule has 3 aromatic rings. The van der Waals surface area contributed by atoms with Gasteiger partial charge in [-0.3, -0.25) is 9.36 Å². The van der Waals surface area contributed by atoms with E-state index in [1.807, 2.05) is 29.1 Å². The van der Waals surface area contributed by atoms with Crippen LogP contribution in [0, 0.1) is 17.6 Å². The van der Waals surface area contributed by atoms with Crippen molar-refractivity contribution in [3.63, 3.8) is 0 Å². The summed E-state index contributed by atoms with van der Waals surface area (Å²) in [5.41, 5.74) is -0.122. The summed E-state index contributed by atoms with van der Waals surface area (Å²) in [6, 6.07) is 6.87. The van der Waals surface area contributed by atoms with Gasteiger partial charge in [-0.05, 0) is 37.1 Å². The number of anilines is 2. The Labute approximate surface area is 158 Å². The van der Waals surface area contributed by atoms with E-state index in [9.17, 15) is 13.6 Å². The fraction of sp³-hybridized carbons (Fsp3) is 0.278. The highest BCUT2D eigenvalue weighted by molar-refractivity contribution is 7.17. The van der Waals surface area contributed by atoms with Crippen molar-refractivity contribution in [2.24, 2.45) is 5.92 Å². The molecule has 3 heterocycles. The number of hydrogen-bond acceptors (Lipinski definition) is 5. The number of halogens is 2. The molecule has 2 aromatic heterocycles. The maximum Gasteiger partial charge on any atom is 0.227 e. The summed E-state index contributed by atoms with van der Waals surface area (Å²) in [6.45, 7) is 1.31. The maximum absolute atomic E-state index is 13.7. The first-order chi connectivity index (χ1) is 13.1. The smallest absolute Gasteiger partial charge is 0.227 e. The highest BCUT2D eigenvalue weighted by Crippen LogP contribution is 2.28. The lowest BCUT2D eigenvalue weighted by Crippen LogP contribution is -2.38. The third-order valence-electron chi connectivity index (χ3n) is 4.55. The van der Waals surface area contributed by atoms with Gasteiger partial charge in [0, 0.05) is 37.5 Å². The molecule has 9 heteroatoms. The summed E-state index contributed by atoms with van der Waals surface area (Å²) < 4.78 is 28.8. The number of rotatable bonds is 4. The predicted octanol–water partition coefficient (Wildman–Crippen LogP) is 3.46. The molecule has 0 bridgehead atoms. The van der Waals surface area contributed by atoms with Gasteiger partial charge in [-0.1, -0.05) is 11.3 Å². The first-order valence-corrected chi connectivity index (χ1v) is 9.39. The molecule has 0 spiro atoms. The first-order valence-electron chi connectivity index (χ1n) is 8.58. The summed E-state index contributed by atoms with van der Waals surface area (Å²) >= 11 is 1.49. The van der Waals surface area contributed by atoms with Crippen LogP contribution in [0.25, 0.3) is 5.13 Å². The van der Waals surface area contributed by atoms with E-state index in [0.717, 1.165) is 28.5 Å². The van der Waals surface area contributed by atoms with Crippen molar-refractivity contribution >= 4 is 28.1 Å². The van der Waals surface area contributed by atoms with Crippen LogP contribution in [0.3, 0.4) is 0 Å². The molecule has 6 nitrogen and oxygen atoms in total. The van der Waals surface area contributed by atoms with Gasteiger partial charge in [-0.2, -0.15) is 0 Å². The molecule has 140 valence electrons. The lowest BCUT2D eigenvalue weighted by molar-refractivity contribution is -0.120. The van der Waals surface area contributed by atoms with Crippen LogP contribution in [0.4, 0.5) is 19.6 Å². The monoisotopic (exact) mass is 389 g/mol. The van der Waals surface area contributed by atoms with E-state index in [2.05, 4.69) is 20.4 Å². The zero-order valence-corrected chi connectivity index (χ0v) is 15.1. The van der Waals surface area contributed by atoms with E-state index in [1.165, 1.54) is 11.3 Å². The fourth-order valence-corrected chi connectivity index (χ4v) is 3.93. The average Bonchev–Trinajstić information content (AvgIpc) is 3.36. The minimum Gasteiger partial charge on any atom is -0.347 e. The summed E-state index contributed by atoms with van der Waals surface area (Å²) in [5, 5.41) is 12.5. The molecule has 0 unspecified atom stereocenters. The Hall–Kier alpha value is -2.81. The molecule has 1 N–H and O–H groups in total. The zero-order chi connectivity index (χ0) is 18.8. The molecular formula is C18H17F2N5OS. The van der Waals surface area contributed by atoms with Crippen molar-refractivity contribution in [1.29, 1.82) is 0 Å². The minimum atomic E-state index is -0.645. The Balaban J connectivity index is 1.36. The third-order valence-corrected chi connectivity index (χ3v) is 5.55. The average molecular weight is 389 g/mol. The number of piperidine rings is 1. The molecule has 4 rings (SSSR count). The molecule has 1 aromatic carbocycles. The van der Waals surface area contributed by atoms with Crippen LogP contribution < -0.4 is 10.2 Å². The Morgan fingerprint density at radius 1 is 1.11 bits per heavy atom. The number of benzene rings is 1. The maximum atomic E-state index is 13.7. The van der Waals surface area contributed by atoms with E-state index < -0.39 is 11.6 Å². The molecule has 0 radical (unpaired) electrons. The Bertz CT molecular complexity index is 935. The van der Waals surface area contributed by atoms with Crippen molar-refractivity contribution in [3.05, 3.63) is 54.4 Å². The molecule has 1 fully saturated rings. The second-order valence-corrected chi connectivity index (χ2v) is 7.27. The van der Waals surface area contributed by atoms with Crippen LogP contribution in [0.2, 0.25) is 0 Å². The highest BCUT2D eigenvalue weighted by Gasteiger charge is 2.27. The molecular weight excluding hydrogens is 372 g/mol. The van der Waals surface area contributed by atoms with Gasteiger partial charge >= 0.3 is 0 Å². The van der Waals surface area contributed by atoms with Crippen LogP contribution in [-0.2, 0) is 4.79 Å². The van der Waals surface area contributed by atoms with E-state index in [-0.39, 0.29) is 17.5 Å². The van der Waals surface area contributed by atoms with Crippen molar-refractivity contribution in [2.75, 3.05) is 23.3 Å². The van der Waals surface area contributed by atoms with Gasteiger partial charge in [0.1, 0.15) is 11.6 Å². The molecule has 27 heavy (non-hydrogen) atoms. The van der Waals surface area contributed by atoms with Crippen molar-refractivity contribution in [2.45, 2.75) is 12.8 Å². The van der Waals surface area contributed by atoms with Crippen molar-refractivity contribution < 1.29 is 13.6 Å². The number of aromatic nitrogens is 3. The van der Waals surface area contributed by atoms with E-state index >= 15 is 0 Å². The number of carbonyl (C=O) groups is 1. The predicted molar refractivity (Wildman–Crippen MR) is 99.2 cm³/mol. The molecule has 1 aliphatic heterocycles. The number of nitrogens with one attached hydrogen (secondary N) is 1. The lowest BCUT2D eigenvalue weighted by Gasteiger charge is -2.30. The second kappa shape index (κ2) is 7.43. The van der Waals surface area contributed by atoms with Gasteiger partial charge in [-0.15, -0.1) is 10.2 Å². The molecule has 0 atom stereocenters. The van der Waals surface area contributed by atoms with Crippen LogP contribution in [-0.4, -0.2) is 33.8 Å². The lowest BCUT2D eigenvalue weighted by atomic mass is 9.96. The van der Waals surface area contributed by atoms with Crippen molar-refractivity contribution in [3.8, 4) is 5.13 Å². The quantitative estimate of drug-likeness (QED) is 0.742. The molecule has 1 amide bonds. The number of hydrogen-bond donors (Lipinski definition) is 1. The largest absolute Gasteiger partial charge is 0.347 e. The third kappa shape index (κ3) is 3.82. The van der Waals surface area contributed by atoms with Crippen LogP contribution >= 0.6 is 11.3 Å².